The standard InChI is InChI=1S/C20H23N3O3/c24-20(16-13-19(26-22-16)15-7-2-1-3-8-15)21-14-17(18-9-6-12-25-18)23-10-4-5-11-23/h1-3,6-9,12,17,19H,4-5,10-11,13-14H2,(H,21,24). The zero-order valence-electron chi connectivity index (χ0n) is 14.6. The van der Waals surface area contributed by atoms with Crippen molar-refractivity contribution in [1.82, 2.24) is 10.2 Å². The molecule has 4 rings (SSSR count). The number of likely N-dealkylation sites (tertiary alicyclic amines) is 1. The van der Waals surface area contributed by atoms with Crippen LogP contribution in [0.3, 0.4) is 0 Å². The number of carbonyl (C=O) groups excluding carboxylic acids is 1. The van der Waals surface area contributed by atoms with Crippen LogP contribution in [0.25, 0.3) is 0 Å². The molecule has 2 aromatic rings. The number of amides is 1. The summed E-state index contributed by atoms with van der Waals surface area (Å²) in [5.74, 6) is 0.721. The summed E-state index contributed by atoms with van der Waals surface area (Å²) in [6, 6.07) is 13.8. The van der Waals surface area contributed by atoms with Gasteiger partial charge in [-0.05, 0) is 43.6 Å². The van der Waals surface area contributed by atoms with Gasteiger partial charge in [-0.2, -0.15) is 0 Å². The second-order valence-corrected chi connectivity index (χ2v) is 6.73. The monoisotopic (exact) mass is 353 g/mol. The third kappa shape index (κ3) is 3.65. The lowest BCUT2D eigenvalue weighted by Crippen LogP contribution is -2.39. The predicted octanol–water partition coefficient (Wildman–Crippen LogP) is 3.05. The van der Waals surface area contributed by atoms with Crippen LogP contribution in [0.15, 0.2) is 58.3 Å². The topological polar surface area (TPSA) is 67.1 Å². The van der Waals surface area contributed by atoms with Crippen molar-refractivity contribution >= 4 is 11.6 Å². The molecule has 6 nitrogen and oxygen atoms in total. The normalized spacial score (nSPS) is 21.2. The van der Waals surface area contributed by atoms with Gasteiger partial charge in [-0.25, -0.2) is 0 Å². The third-order valence-electron chi connectivity index (χ3n) is 5.01. The number of benzene rings is 1. The minimum Gasteiger partial charge on any atom is -0.468 e. The second kappa shape index (κ2) is 7.74. The SMILES string of the molecule is O=C(NCC(c1ccco1)N1CCCC1)C1=NOC(c2ccccc2)C1. The van der Waals surface area contributed by atoms with Crippen molar-refractivity contribution in [3.8, 4) is 0 Å². The highest BCUT2D eigenvalue weighted by atomic mass is 16.6. The maximum absolute atomic E-state index is 12.5. The number of hydrogen-bond acceptors (Lipinski definition) is 5. The van der Waals surface area contributed by atoms with E-state index in [9.17, 15) is 4.79 Å². The Kier molecular flexibility index (Phi) is 5.02. The van der Waals surface area contributed by atoms with E-state index in [-0.39, 0.29) is 18.1 Å². The highest BCUT2D eigenvalue weighted by Crippen LogP contribution is 2.28. The molecule has 3 heterocycles. The van der Waals surface area contributed by atoms with E-state index in [1.165, 1.54) is 12.8 Å². The molecule has 1 N–H and O–H groups in total. The van der Waals surface area contributed by atoms with E-state index in [2.05, 4.69) is 15.4 Å². The molecule has 0 radical (unpaired) electrons. The fourth-order valence-electron chi connectivity index (χ4n) is 3.59. The zero-order valence-corrected chi connectivity index (χ0v) is 14.6. The summed E-state index contributed by atoms with van der Waals surface area (Å²) < 4.78 is 5.59. The Balaban J connectivity index is 1.35. The van der Waals surface area contributed by atoms with E-state index >= 15 is 0 Å². The van der Waals surface area contributed by atoms with Crippen molar-refractivity contribution in [2.24, 2.45) is 5.16 Å². The molecule has 26 heavy (non-hydrogen) atoms. The molecule has 2 unspecified atom stereocenters. The largest absolute Gasteiger partial charge is 0.468 e. The fraction of sp³-hybridized carbons (Fsp3) is 0.400. The molecule has 1 fully saturated rings. The van der Waals surface area contributed by atoms with Crippen molar-refractivity contribution in [3.05, 3.63) is 60.1 Å². The molecule has 1 aromatic heterocycles. The smallest absolute Gasteiger partial charge is 0.269 e. The number of hydrogen-bond donors (Lipinski definition) is 1. The minimum atomic E-state index is -0.184. The van der Waals surface area contributed by atoms with E-state index in [0.29, 0.717) is 18.7 Å². The van der Waals surface area contributed by atoms with Crippen LogP contribution in [-0.4, -0.2) is 36.2 Å². The van der Waals surface area contributed by atoms with E-state index < -0.39 is 0 Å². The number of furan rings is 1. The second-order valence-electron chi connectivity index (χ2n) is 6.73. The summed E-state index contributed by atoms with van der Waals surface area (Å²) in [5, 5.41) is 7.01. The van der Waals surface area contributed by atoms with Crippen LogP contribution >= 0.6 is 0 Å². The first-order chi connectivity index (χ1) is 12.8. The molecule has 0 saturated carbocycles. The molecule has 1 saturated heterocycles. The van der Waals surface area contributed by atoms with Gasteiger partial charge in [-0.15, -0.1) is 0 Å². The summed E-state index contributed by atoms with van der Waals surface area (Å²) in [5.41, 5.74) is 1.48. The van der Waals surface area contributed by atoms with E-state index in [0.717, 1.165) is 24.4 Å². The van der Waals surface area contributed by atoms with Gasteiger partial charge in [0.25, 0.3) is 5.91 Å². The van der Waals surface area contributed by atoms with Crippen molar-refractivity contribution in [1.29, 1.82) is 0 Å². The van der Waals surface area contributed by atoms with Gasteiger partial charge < -0.3 is 14.6 Å². The Hall–Kier alpha value is -2.60. The van der Waals surface area contributed by atoms with Crippen molar-refractivity contribution < 1.29 is 14.0 Å². The zero-order chi connectivity index (χ0) is 17.8. The lowest BCUT2D eigenvalue weighted by molar-refractivity contribution is -0.115. The van der Waals surface area contributed by atoms with Gasteiger partial charge in [-0.3, -0.25) is 9.69 Å². The van der Waals surface area contributed by atoms with Gasteiger partial charge >= 0.3 is 0 Å². The Labute approximate surface area is 152 Å². The van der Waals surface area contributed by atoms with Crippen LogP contribution in [0, 0.1) is 0 Å². The molecule has 2 aliphatic heterocycles. The van der Waals surface area contributed by atoms with Crippen LogP contribution in [0.5, 0.6) is 0 Å². The first kappa shape index (κ1) is 16.8. The first-order valence-corrected chi connectivity index (χ1v) is 9.14. The Bertz CT molecular complexity index is 752. The molecule has 1 aromatic carbocycles. The lowest BCUT2D eigenvalue weighted by Gasteiger charge is -2.25. The molecule has 2 atom stereocenters. The molecular weight excluding hydrogens is 330 g/mol. The van der Waals surface area contributed by atoms with Gasteiger partial charge in [0, 0.05) is 13.0 Å². The van der Waals surface area contributed by atoms with E-state index in [1.807, 2.05) is 42.5 Å². The molecular formula is C20H23N3O3. The van der Waals surface area contributed by atoms with Crippen LogP contribution in [-0.2, 0) is 9.63 Å². The average Bonchev–Trinajstić information content (AvgIpc) is 3.44. The molecule has 1 amide bonds. The van der Waals surface area contributed by atoms with E-state index in [4.69, 9.17) is 9.25 Å². The molecule has 2 aliphatic rings. The number of carbonyl (C=O) groups is 1. The first-order valence-electron chi connectivity index (χ1n) is 9.14. The maximum Gasteiger partial charge on any atom is 0.269 e. The van der Waals surface area contributed by atoms with Crippen LogP contribution in [0.1, 0.15) is 42.7 Å². The summed E-state index contributed by atoms with van der Waals surface area (Å²) in [6.45, 7) is 2.56. The average molecular weight is 353 g/mol. The lowest BCUT2D eigenvalue weighted by atomic mass is 10.0. The molecule has 0 aliphatic carbocycles. The number of nitrogens with zero attached hydrogens (tertiary/aromatic N) is 2. The number of oxime groups is 1. The van der Waals surface area contributed by atoms with Gasteiger partial charge in [0.05, 0.1) is 12.3 Å². The summed E-state index contributed by atoms with van der Waals surface area (Å²) in [4.78, 5) is 20.3. The molecule has 0 spiro atoms. The summed E-state index contributed by atoms with van der Waals surface area (Å²) in [7, 11) is 0. The van der Waals surface area contributed by atoms with Crippen LogP contribution < -0.4 is 5.32 Å². The Morgan fingerprint density at radius 1 is 1.19 bits per heavy atom. The third-order valence-corrected chi connectivity index (χ3v) is 5.01. The van der Waals surface area contributed by atoms with Crippen molar-refractivity contribution in [3.63, 3.8) is 0 Å². The maximum atomic E-state index is 12.5. The van der Waals surface area contributed by atoms with Crippen molar-refractivity contribution in [2.45, 2.75) is 31.4 Å². The van der Waals surface area contributed by atoms with Gasteiger partial charge in [0.1, 0.15) is 11.5 Å². The Morgan fingerprint density at radius 2 is 2.00 bits per heavy atom. The molecule has 136 valence electrons. The molecule has 0 bridgehead atoms. The minimum absolute atomic E-state index is 0.0595. The van der Waals surface area contributed by atoms with Gasteiger partial charge in [0.2, 0.25) is 0 Å². The number of nitrogens with one attached hydrogen (secondary N) is 1. The predicted molar refractivity (Wildman–Crippen MR) is 97.6 cm³/mol. The summed E-state index contributed by atoms with van der Waals surface area (Å²) in [6.07, 6.45) is 4.36. The summed E-state index contributed by atoms with van der Waals surface area (Å²) >= 11 is 0. The van der Waals surface area contributed by atoms with Gasteiger partial charge in [-0.1, -0.05) is 35.5 Å². The number of rotatable bonds is 6. The molecule has 6 heteroatoms. The van der Waals surface area contributed by atoms with E-state index in [1.54, 1.807) is 6.26 Å². The highest BCUT2D eigenvalue weighted by Gasteiger charge is 2.30. The highest BCUT2D eigenvalue weighted by molar-refractivity contribution is 6.39. The van der Waals surface area contributed by atoms with Crippen LogP contribution in [0.2, 0.25) is 0 Å². The van der Waals surface area contributed by atoms with Crippen molar-refractivity contribution in [2.75, 3.05) is 19.6 Å². The van der Waals surface area contributed by atoms with Crippen LogP contribution in [0.4, 0.5) is 0 Å². The quantitative estimate of drug-likeness (QED) is 0.867. The van der Waals surface area contributed by atoms with Gasteiger partial charge in [0.15, 0.2) is 6.10 Å². The fourth-order valence-corrected chi connectivity index (χ4v) is 3.59. The Morgan fingerprint density at radius 3 is 2.73 bits per heavy atom.